The van der Waals surface area contributed by atoms with Gasteiger partial charge in [-0.15, -0.1) is 0 Å². The maximum atomic E-state index is 6.17. The van der Waals surface area contributed by atoms with Crippen LogP contribution < -0.4 is 5.73 Å². The molecule has 1 atom stereocenters. The van der Waals surface area contributed by atoms with Crippen LogP contribution in [-0.4, -0.2) is 14.8 Å². The van der Waals surface area contributed by atoms with Crippen molar-refractivity contribution in [3.63, 3.8) is 0 Å². The first-order chi connectivity index (χ1) is 8.06. The van der Waals surface area contributed by atoms with Crippen LogP contribution in [0.5, 0.6) is 0 Å². The van der Waals surface area contributed by atoms with Gasteiger partial charge in [-0.3, -0.25) is 0 Å². The lowest BCUT2D eigenvalue weighted by Gasteiger charge is -2.13. The van der Waals surface area contributed by atoms with E-state index in [1.165, 1.54) is 5.56 Å². The summed E-state index contributed by atoms with van der Waals surface area (Å²) in [6, 6.07) is 8.25. The minimum Gasteiger partial charge on any atom is -0.322 e. The number of aryl methyl sites for hydroxylation is 3. The second-order valence-corrected chi connectivity index (χ2v) is 4.41. The molecular weight excluding hydrogens is 212 g/mol. The van der Waals surface area contributed by atoms with E-state index in [0.29, 0.717) is 6.54 Å². The number of rotatable bonds is 3. The molecule has 0 radical (unpaired) electrons. The Morgan fingerprint density at radius 2 is 1.82 bits per heavy atom. The van der Waals surface area contributed by atoms with E-state index in [0.717, 1.165) is 17.2 Å². The summed E-state index contributed by atoms with van der Waals surface area (Å²) in [7, 11) is 0. The topological polar surface area (TPSA) is 56.7 Å². The normalized spacial score (nSPS) is 12.7. The molecule has 0 aliphatic heterocycles. The summed E-state index contributed by atoms with van der Waals surface area (Å²) in [5.74, 6) is 1.70. The Balaban J connectivity index is 2.13. The van der Waals surface area contributed by atoms with E-state index in [1.807, 2.05) is 18.5 Å². The van der Waals surface area contributed by atoms with Crippen molar-refractivity contribution in [2.24, 2.45) is 5.73 Å². The fraction of sp³-hybridized carbons (Fsp3) is 0.385. The van der Waals surface area contributed by atoms with E-state index in [4.69, 9.17) is 5.73 Å². The maximum Gasteiger partial charge on any atom is 0.147 e. The predicted octanol–water partition coefficient (Wildman–Crippen LogP) is 1.90. The van der Waals surface area contributed by atoms with Gasteiger partial charge in [0.15, 0.2) is 0 Å². The van der Waals surface area contributed by atoms with E-state index >= 15 is 0 Å². The number of hydrogen-bond acceptors (Lipinski definition) is 3. The maximum absolute atomic E-state index is 6.17. The van der Waals surface area contributed by atoms with Gasteiger partial charge in [-0.25, -0.2) is 9.67 Å². The first kappa shape index (κ1) is 11.8. The Morgan fingerprint density at radius 3 is 2.35 bits per heavy atom. The van der Waals surface area contributed by atoms with Crippen LogP contribution in [0.25, 0.3) is 0 Å². The molecule has 0 amide bonds. The summed E-state index contributed by atoms with van der Waals surface area (Å²) in [5, 5.41) is 4.32. The second kappa shape index (κ2) is 4.67. The molecule has 2 aromatic rings. The van der Waals surface area contributed by atoms with E-state index in [1.54, 1.807) is 0 Å². The van der Waals surface area contributed by atoms with Crippen molar-refractivity contribution in [3.05, 3.63) is 47.0 Å². The van der Waals surface area contributed by atoms with E-state index in [9.17, 15) is 0 Å². The van der Waals surface area contributed by atoms with Gasteiger partial charge in [-0.1, -0.05) is 29.8 Å². The third-order valence-corrected chi connectivity index (χ3v) is 2.84. The summed E-state index contributed by atoms with van der Waals surface area (Å²) in [5.41, 5.74) is 8.54. The fourth-order valence-electron chi connectivity index (χ4n) is 1.84. The zero-order chi connectivity index (χ0) is 12.4. The summed E-state index contributed by atoms with van der Waals surface area (Å²) in [4.78, 5) is 4.27. The molecule has 2 N–H and O–H groups in total. The molecule has 2 rings (SSSR count). The minimum absolute atomic E-state index is 0.0459. The Kier molecular flexibility index (Phi) is 3.24. The summed E-state index contributed by atoms with van der Waals surface area (Å²) in [6.45, 7) is 6.57. The fourth-order valence-corrected chi connectivity index (χ4v) is 1.84. The third-order valence-electron chi connectivity index (χ3n) is 2.84. The molecule has 4 heteroatoms. The molecule has 1 aromatic heterocycles. The molecule has 0 aliphatic carbocycles. The predicted molar refractivity (Wildman–Crippen MR) is 67.6 cm³/mol. The van der Waals surface area contributed by atoms with E-state index in [2.05, 4.69) is 41.3 Å². The molecule has 0 saturated carbocycles. The van der Waals surface area contributed by atoms with Gasteiger partial charge in [0.2, 0.25) is 0 Å². The van der Waals surface area contributed by atoms with Crippen LogP contribution >= 0.6 is 0 Å². The molecular formula is C13H18N4. The third kappa shape index (κ3) is 2.71. The van der Waals surface area contributed by atoms with Gasteiger partial charge in [0.05, 0.1) is 6.54 Å². The Bertz CT molecular complexity index is 499. The largest absolute Gasteiger partial charge is 0.322 e. The van der Waals surface area contributed by atoms with Crippen LogP contribution in [0.3, 0.4) is 0 Å². The molecule has 0 spiro atoms. The molecule has 1 aromatic carbocycles. The number of hydrogen-bond donors (Lipinski definition) is 1. The van der Waals surface area contributed by atoms with Crippen molar-refractivity contribution in [1.29, 1.82) is 0 Å². The van der Waals surface area contributed by atoms with E-state index in [-0.39, 0.29) is 6.04 Å². The lowest BCUT2D eigenvalue weighted by molar-refractivity contribution is 0.513. The average Bonchev–Trinajstić information content (AvgIpc) is 2.58. The van der Waals surface area contributed by atoms with Gasteiger partial charge < -0.3 is 5.73 Å². The summed E-state index contributed by atoms with van der Waals surface area (Å²) < 4.78 is 1.86. The quantitative estimate of drug-likeness (QED) is 0.876. The Hall–Kier alpha value is -1.68. The summed E-state index contributed by atoms with van der Waals surface area (Å²) in [6.07, 6.45) is 0. The lowest BCUT2D eigenvalue weighted by Crippen LogP contribution is -2.19. The van der Waals surface area contributed by atoms with Gasteiger partial charge in [-0.2, -0.15) is 5.10 Å². The van der Waals surface area contributed by atoms with Crippen LogP contribution in [0, 0.1) is 20.8 Å². The molecule has 0 fully saturated rings. The number of nitrogens with zero attached hydrogens (tertiary/aromatic N) is 3. The molecule has 1 heterocycles. The van der Waals surface area contributed by atoms with Gasteiger partial charge in [0, 0.05) is 6.04 Å². The molecule has 0 aliphatic rings. The first-order valence-electron chi connectivity index (χ1n) is 5.76. The highest BCUT2D eigenvalue weighted by molar-refractivity contribution is 5.23. The summed E-state index contributed by atoms with van der Waals surface area (Å²) >= 11 is 0. The first-order valence-corrected chi connectivity index (χ1v) is 5.76. The highest BCUT2D eigenvalue weighted by Gasteiger charge is 2.10. The van der Waals surface area contributed by atoms with Gasteiger partial charge in [-0.05, 0) is 26.3 Å². The number of nitrogens with two attached hydrogens (primary N) is 1. The standard InChI is InChI=1S/C13H18N4/c1-9-4-6-12(7-5-9)13(14)8-17-11(3)15-10(2)16-17/h4-7,13H,8,14H2,1-3H3. The molecule has 4 nitrogen and oxygen atoms in total. The smallest absolute Gasteiger partial charge is 0.147 e. The van der Waals surface area contributed by atoms with Crippen molar-refractivity contribution in [2.75, 3.05) is 0 Å². The van der Waals surface area contributed by atoms with Crippen molar-refractivity contribution in [3.8, 4) is 0 Å². The lowest BCUT2D eigenvalue weighted by atomic mass is 10.1. The van der Waals surface area contributed by atoms with E-state index < -0.39 is 0 Å². The van der Waals surface area contributed by atoms with Gasteiger partial charge in [0.25, 0.3) is 0 Å². The van der Waals surface area contributed by atoms with Crippen LogP contribution in [-0.2, 0) is 6.54 Å². The van der Waals surface area contributed by atoms with Crippen LogP contribution in [0.2, 0.25) is 0 Å². The van der Waals surface area contributed by atoms with Crippen LogP contribution in [0.15, 0.2) is 24.3 Å². The Morgan fingerprint density at radius 1 is 1.18 bits per heavy atom. The molecule has 90 valence electrons. The molecule has 17 heavy (non-hydrogen) atoms. The molecule has 1 unspecified atom stereocenters. The zero-order valence-electron chi connectivity index (χ0n) is 10.5. The second-order valence-electron chi connectivity index (χ2n) is 4.41. The van der Waals surface area contributed by atoms with Gasteiger partial charge >= 0.3 is 0 Å². The SMILES string of the molecule is Cc1ccc(C(N)Cn2nc(C)nc2C)cc1. The van der Waals surface area contributed by atoms with Crippen LogP contribution in [0.4, 0.5) is 0 Å². The molecule has 0 bridgehead atoms. The highest BCUT2D eigenvalue weighted by Crippen LogP contribution is 2.13. The Labute approximate surface area is 101 Å². The zero-order valence-corrected chi connectivity index (χ0v) is 10.5. The minimum atomic E-state index is -0.0459. The van der Waals surface area contributed by atoms with Crippen LogP contribution in [0.1, 0.15) is 28.8 Å². The van der Waals surface area contributed by atoms with Crippen molar-refractivity contribution in [2.45, 2.75) is 33.4 Å². The number of benzene rings is 1. The monoisotopic (exact) mass is 230 g/mol. The highest BCUT2D eigenvalue weighted by atomic mass is 15.3. The van der Waals surface area contributed by atoms with Crippen molar-refractivity contribution in [1.82, 2.24) is 14.8 Å². The van der Waals surface area contributed by atoms with Crippen molar-refractivity contribution < 1.29 is 0 Å². The molecule has 0 saturated heterocycles. The number of aromatic nitrogens is 3. The average molecular weight is 230 g/mol. The van der Waals surface area contributed by atoms with Crippen molar-refractivity contribution >= 4 is 0 Å². The van der Waals surface area contributed by atoms with Gasteiger partial charge in [0.1, 0.15) is 11.6 Å².